The van der Waals surface area contributed by atoms with E-state index in [1.54, 1.807) is 0 Å². The van der Waals surface area contributed by atoms with E-state index < -0.39 is 6.10 Å². The Morgan fingerprint density at radius 1 is 1.15 bits per heavy atom. The third-order valence-corrected chi connectivity index (χ3v) is 3.53. The molecule has 3 heteroatoms. The van der Waals surface area contributed by atoms with Crippen LogP contribution in [0.1, 0.15) is 37.6 Å². The quantitative estimate of drug-likeness (QED) is 0.892. The van der Waals surface area contributed by atoms with Crippen molar-refractivity contribution in [2.24, 2.45) is 0 Å². The summed E-state index contributed by atoms with van der Waals surface area (Å²) in [6, 6.07) is 12.3. The molecule has 0 unspecified atom stereocenters. The summed E-state index contributed by atoms with van der Waals surface area (Å²) in [5.74, 6) is 0. The van der Waals surface area contributed by atoms with Crippen LogP contribution in [0, 0.1) is 6.92 Å². The van der Waals surface area contributed by atoms with Gasteiger partial charge < -0.3 is 10.0 Å². The zero-order valence-corrected chi connectivity index (χ0v) is 12.4. The standard InChI is InChI=1S/C17H22N2O/c1-4-17(20)15-11-10-14(12-18-15)19(5-2)16-9-7-6-8-13(16)3/h6-12,17,20H,4-5H2,1-3H3/t17-/m0/s1. The van der Waals surface area contributed by atoms with Crippen LogP contribution in [0.5, 0.6) is 0 Å². The highest BCUT2D eigenvalue weighted by molar-refractivity contribution is 5.65. The van der Waals surface area contributed by atoms with Crippen molar-refractivity contribution in [3.05, 3.63) is 53.9 Å². The molecule has 0 saturated carbocycles. The Kier molecular flexibility index (Phi) is 4.74. The van der Waals surface area contributed by atoms with Gasteiger partial charge in [-0.2, -0.15) is 0 Å². The summed E-state index contributed by atoms with van der Waals surface area (Å²) in [4.78, 5) is 6.61. The maximum atomic E-state index is 9.80. The molecule has 0 spiro atoms. The van der Waals surface area contributed by atoms with Crippen LogP contribution in [0.25, 0.3) is 0 Å². The number of pyridine rings is 1. The molecule has 0 aliphatic heterocycles. The predicted molar refractivity (Wildman–Crippen MR) is 83.3 cm³/mol. The summed E-state index contributed by atoms with van der Waals surface area (Å²) in [7, 11) is 0. The number of anilines is 2. The molecule has 0 saturated heterocycles. The van der Waals surface area contributed by atoms with E-state index in [0.717, 1.165) is 17.9 Å². The Labute approximate surface area is 120 Å². The molecule has 20 heavy (non-hydrogen) atoms. The molecule has 1 heterocycles. The first kappa shape index (κ1) is 14.5. The molecule has 2 aromatic rings. The maximum absolute atomic E-state index is 9.80. The molecule has 3 nitrogen and oxygen atoms in total. The largest absolute Gasteiger partial charge is 0.387 e. The van der Waals surface area contributed by atoms with Crippen LogP contribution in [-0.2, 0) is 0 Å². The second-order valence-electron chi connectivity index (χ2n) is 4.90. The summed E-state index contributed by atoms with van der Waals surface area (Å²) in [5.41, 5.74) is 4.22. The van der Waals surface area contributed by atoms with Crippen molar-refractivity contribution in [2.75, 3.05) is 11.4 Å². The molecule has 1 aromatic heterocycles. The van der Waals surface area contributed by atoms with E-state index in [9.17, 15) is 5.11 Å². The van der Waals surface area contributed by atoms with Crippen LogP contribution in [0.4, 0.5) is 11.4 Å². The first-order valence-corrected chi connectivity index (χ1v) is 7.14. The molecule has 1 N–H and O–H groups in total. The fourth-order valence-electron chi connectivity index (χ4n) is 2.32. The first-order chi connectivity index (χ1) is 9.67. The topological polar surface area (TPSA) is 36.4 Å². The third kappa shape index (κ3) is 2.99. The number of rotatable bonds is 5. The smallest absolute Gasteiger partial charge is 0.0957 e. The molecule has 2 rings (SSSR count). The normalized spacial score (nSPS) is 12.2. The summed E-state index contributed by atoms with van der Waals surface area (Å²) < 4.78 is 0. The summed E-state index contributed by atoms with van der Waals surface area (Å²) in [6.07, 6.45) is 2.05. The lowest BCUT2D eigenvalue weighted by Crippen LogP contribution is -2.17. The molecular weight excluding hydrogens is 248 g/mol. The fourth-order valence-corrected chi connectivity index (χ4v) is 2.32. The van der Waals surface area contributed by atoms with Crippen molar-refractivity contribution in [3.8, 4) is 0 Å². The Balaban J connectivity index is 2.31. The van der Waals surface area contributed by atoms with Gasteiger partial charge in [-0.05, 0) is 44.0 Å². The van der Waals surface area contributed by atoms with Gasteiger partial charge in [0.2, 0.25) is 0 Å². The second-order valence-corrected chi connectivity index (χ2v) is 4.90. The van der Waals surface area contributed by atoms with Gasteiger partial charge >= 0.3 is 0 Å². The Bertz CT molecular complexity index is 551. The Morgan fingerprint density at radius 3 is 2.45 bits per heavy atom. The molecular formula is C17H22N2O. The predicted octanol–water partition coefficient (Wildman–Crippen LogP) is 3.99. The monoisotopic (exact) mass is 270 g/mol. The summed E-state index contributed by atoms with van der Waals surface area (Å²) >= 11 is 0. The van der Waals surface area contributed by atoms with Crippen LogP contribution in [0.2, 0.25) is 0 Å². The number of nitrogens with zero attached hydrogens (tertiary/aromatic N) is 2. The lowest BCUT2D eigenvalue weighted by atomic mass is 10.1. The summed E-state index contributed by atoms with van der Waals surface area (Å²) in [5, 5.41) is 9.80. The number of hydrogen-bond donors (Lipinski definition) is 1. The molecule has 0 radical (unpaired) electrons. The van der Waals surface area contributed by atoms with Gasteiger partial charge in [0.1, 0.15) is 0 Å². The summed E-state index contributed by atoms with van der Waals surface area (Å²) in [6.45, 7) is 7.07. The lowest BCUT2D eigenvalue weighted by Gasteiger charge is -2.25. The number of aromatic nitrogens is 1. The number of para-hydroxylation sites is 1. The first-order valence-electron chi connectivity index (χ1n) is 7.14. The van der Waals surface area contributed by atoms with Gasteiger partial charge in [0.15, 0.2) is 0 Å². The van der Waals surface area contributed by atoms with Crippen molar-refractivity contribution in [1.29, 1.82) is 0 Å². The van der Waals surface area contributed by atoms with Gasteiger partial charge in [0.05, 0.1) is 23.7 Å². The highest BCUT2D eigenvalue weighted by Crippen LogP contribution is 2.28. The van der Waals surface area contributed by atoms with Crippen molar-refractivity contribution in [2.45, 2.75) is 33.3 Å². The van der Waals surface area contributed by atoms with E-state index in [0.29, 0.717) is 6.42 Å². The van der Waals surface area contributed by atoms with Crippen molar-refractivity contribution >= 4 is 11.4 Å². The Morgan fingerprint density at radius 2 is 1.90 bits per heavy atom. The van der Waals surface area contributed by atoms with Gasteiger partial charge in [-0.1, -0.05) is 25.1 Å². The van der Waals surface area contributed by atoms with Crippen molar-refractivity contribution in [1.82, 2.24) is 4.98 Å². The van der Waals surface area contributed by atoms with Crippen LogP contribution in [-0.4, -0.2) is 16.6 Å². The zero-order chi connectivity index (χ0) is 14.5. The van der Waals surface area contributed by atoms with Crippen LogP contribution in [0.3, 0.4) is 0 Å². The highest BCUT2D eigenvalue weighted by atomic mass is 16.3. The van der Waals surface area contributed by atoms with Gasteiger partial charge in [-0.3, -0.25) is 4.98 Å². The molecule has 0 amide bonds. The highest BCUT2D eigenvalue weighted by Gasteiger charge is 2.11. The number of aliphatic hydroxyl groups is 1. The van der Waals surface area contributed by atoms with E-state index in [1.807, 2.05) is 37.4 Å². The van der Waals surface area contributed by atoms with E-state index in [-0.39, 0.29) is 0 Å². The van der Waals surface area contributed by atoms with Crippen LogP contribution < -0.4 is 4.90 Å². The van der Waals surface area contributed by atoms with E-state index in [4.69, 9.17) is 0 Å². The van der Waals surface area contributed by atoms with Crippen LogP contribution in [0.15, 0.2) is 42.6 Å². The van der Waals surface area contributed by atoms with E-state index >= 15 is 0 Å². The third-order valence-electron chi connectivity index (χ3n) is 3.53. The number of benzene rings is 1. The molecule has 0 aliphatic rings. The SMILES string of the molecule is CC[C@H](O)c1ccc(N(CC)c2ccccc2C)cn1. The van der Waals surface area contributed by atoms with Gasteiger partial charge in [-0.25, -0.2) is 0 Å². The van der Waals surface area contributed by atoms with Crippen LogP contribution >= 0.6 is 0 Å². The average Bonchev–Trinajstić information content (AvgIpc) is 2.50. The average molecular weight is 270 g/mol. The molecule has 1 atom stereocenters. The molecule has 0 aliphatic carbocycles. The number of hydrogen-bond acceptors (Lipinski definition) is 3. The maximum Gasteiger partial charge on any atom is 0.0957 e. The lowest BCUT2D eigenvalue weighted by molar-refractivity contribution is 0.169. The minimum Gasteiger partial charge on any atom is -0.387 e. The number of aryl methyl sites for hydroxylation is 1. The second kappa shape index (κ2) is 6.53. The minimum atomic E-state index is -0.474. The fraction of sp³-hybridized carbons (Fsp3) is 0.353. The zero-order valence-electron chi connectivity index (χ0n) is 12.4. The van der Waals surface area contributed by atoms with Gasteiger partial charge in [0.25, 0.3) is 0 Å². The van der Waals surface area contributed by atoms with Gasteiger partial charge in [0, 0.05) is 12.2 Å². The molecule has 1 aromatic carbocycles. The van der Waals surface area contributed by atoms with E-state index in [1.165, 1.54) is 11.3 Å². The van der Waals surface area contributed by atoms with Gasteiger partial charge in [-0.15, -0.1) is 0 Å². The van der Waals surface area contributed by atoms with Crippen molar-refractivity contribution in [3.63, 3.8) is 0 Å². The Hall–Kier alpha value is -1.87. The van der Waals surface area contributed by atoms with Crippen molar-refractivity contribution < 1.29 is 5.11 Å². The molecule has 0 bridgehead atoms. The molecule has 0 fully saturated rings. The number of aliphatic hydroxyl groups excluding tert-OH is 1. The minimum absolute atomic E-state index is 0.474. The van der Waals surface area contributed by atoms with E-state index in [2.05, 4.69) is 35.9 Å². The molecule has 106 valence electrons.